The molecule has 0 radical (unpaired) electrons. The second-order valence-electron chi connectivity index (χ2n) is 5.23. The highest BCUT2D eigenvalue weighted by molar-refractivity contribution is 5.85. The van der Waals surface area contributed by atoms with Crippen molar-refractivity contribution in [2.24, 2.45) is 5.92 Å². The van der Waals surface area contributed by atoms with Crippen LogP contribution in [0.4, 0.5) is 8.78 Å². The highest BCUT2D eigenvalue weighted by Gasteiger charge is 2.38. The molecule has 1 saturated heterocycles. The molecular formula is C14H20Cl2F2N2. The highest BCUT2D eigenvalue weighted by Crippen LogP contribution is 2.45. The van der Waals surface area contributed by atoms with Crippen LogP contribution in [0.1, 0.15) is 24.4 Å². The summed E-state index contributed by atoms with van der Waals surface area (Å²) in [5.74, 6) is -0.113. The van der Waals surface area contributed by atoms with Crippen LogP contribution in [-0.4, -0.2) is 31.1 Å². The van der Waals surface area contributed by atoms with Gasteiger partial charge in [0.25, 0.3) is 0 Å². The largest absolute Gasteiger partial charge is 0.314 e. The Bertz CT molecular complexity index is 435. The van der Waals surface area contributed by atoms with Crippen molar-refractivity contribution in [3.05, 3.63) is 35.4 Å². The third-order valence-electron chi connectivity index (χ3n) is 3.89. The summed E-state index contributed by atoms with van der Waals surface area (Å²) in [5.41, 5.74) is 0.541. The summed E-state index contributed by atoms with van der Waals surface area (Å²) < 4.78 is 27.3. The Morgan fingerprint density at radius 1 is 1.10 bits per heavy atom. The molecule has 0 aromatic heterocycles. The lowest BCUT2D eigenvalue weighted by Gasteiger charge is -2.35. The minimum atomic E-state index is -0.341. The van der Waals surface area contributed by atoms with Gasteiger partial charge in [-0.2, -0.15) is 0 Å². The fraction of sp³-hybridized carbons (Fsp3) is 0.571. The van der Waals surface area contributed by atoms with Crippen molar-refractivity contribution in [3.8, 4) is 0 Å². The molecule has 1 saturated carbocycles. The van der Waals surface area contributed by atoms with E-state index in [4.69, 9.17) is 0 Å². The molecule has 0 spiro atoms. The molecule has 1 aromatic rings. The van der Waals surface area contributed by atoms with Crippen molar-refractivity contribution in [1.29, 1.82) is 0 Å². The van der Waals surface area contributed by atoms with E-state index in [2.05, 4.69) is 10.2 Å². The maximum Gasteiger partial charge on any atom is 0.128 e. The van der Waals surface area contributed by atoms with Gasteiger partial charge in [0, 0.05) is 37.8 Å². The number of hydrogen-bond acceptors (Lipinski definition) is 2. The Labute approximate surface area is 130 Å². The summed E-state index contributed by atoms with van der Waals surface area (Å²) in [4.78, 5) is 2.30. The van der Waals surface area contributed by atoms with Crippen molar-refractivity contribution < 1.29 is 8.78 Å². The Hall–Kier alpha value is -0.420. The molecule has 0 unspecified atom stereocenters. The predicted octanol–water partition coefficient (Wildman–Crippen LogP) is 3.16. The van der Waals surface area contributed by atoms with E-state index in [1.807, 2.05) is 0 Å². The number of nitrogens with one attached hydrogen (secondary N) is 1. The quantitative estimate of drug-likeness (QED) is 0.918. The highest BCUT2D eigenvalue weighted by atomic mass is 35.5. The van der Waals surface area contributed by atoms with Crippen LogP contribution >= 0.6 is 24.8 Å². The molecule has 6 heteroatoms. The van der Waals surface area contributed by atoms with Gasteiger partial charge in [0.05, 0.1) is 0 Å². The standard InChI is InChI=1S/C14H18F2N2.2ClH/c15-11-3-4-13(16)12(9-11)14(10-1-2-10)18-7-5-17-6-8-18;;/h3-4,9-10,14,17H,1-2,5-8H2;2*1H/t14-;;/m1../s1. The second-order valence-corrected chi connectivity index (χ2v) is 5.23. The van der Waals surface area contributed by atoms with Gasteiger partial charge in [-0.1, -0.05) is 0 Å². The molecule has 1 N–H and O–H groups in total. The maximum absolute atomic E-state index is 14.0. The molecule has 0 bridgehead atoms. The minimum Gasteiger partial charge on any atom is -0.314 e. The zero-order chi connectivity index (χ0) is 12.5. The first kappa shape index (κ1) is 17.6. The van der Waals surface area contributed by atoms with Crippen molar-refractivity contribution in [1.82, 2.24) is 10.2 Å². The van der Waals surface area contributed by atoms with Crippen LogP contribution in [0, 0.1) is 17.6 Å². The lowest BCUT2D eigenvalue weighted by Crippen LogP contribution is -2.45. The summed E-state index contributed by atoms with van der Waals surface area (Å²) in [6, 6.07) is 3.88. The van der Waals surface area contributed by atoms with Crippen LogP contribution in [0.15, 0.2) is 18.2 Å². The molecule has 2 aliphatic rings. The first-order valence-corrected chi connectivity index (χ1v) is 6.65. The van der Waals surface area contributed by atoms with Crippen molar-refractivity contribution in [3.63, 3.8) is 0 Å². The van der Waals surface area contributed by atoms with Gasteiger partial charge in [-0.15, -0.1) is 24.8 Å². The van der Waals surface area contributed by atoms with Crippen LogP contribution in [-0.2, 0) is 0 Å². The molecule has 114 valence electrons. The van der Waals surface area contributed by atoms with Gasteiger partial charge in [0.2, 0.25) is 0 Å². The van der Waals surface area contributed by atoms with Crippen molar-refractivity contribution in [2.45, 2.75) is 18.9 Å². The molecule has 3 rings (SSSR count). The van der Waals surface area contributed by atoms with E-state index in [9.17, 15) is 8.78 Å². The van der Waals surface area contributed by atoms with E-state index in [0.717, 1.165) is 39.0 Å². The van der Waals surface area contributed by atoms with Crippen LogP contribution < -0.4 is 5.32 Å². The average molecular weight is 325 g/mol. The fourth-order valence-electron chi connectivity index (χ4n) is 2.86. The molecule has 1 aromatic carbocycles. The number of piperazine rings is 1. The predicted molar refractivity (Wildman–Crippen MR) is 80.8 cm³/mol. The second kappa shape index (κ2) is 7.55. The van der Waals surface area contributed by atoms with Gasteiger partial charge < -0.3 is 5.32 Å². The molecule has 2 nitrogen and oxygen atoms in total. The first-order valence-electron chi connectivity index (χ1n) is 6.65. The third kappa shape index (κ3) is 3.82. The number of hydrogen-bond donors (Lipinski definition) is 1. The number of halogens is 4. The van der Waals surface area contributed by atoms with Gasteiger partial charge in [0.1, 0.15) is 11.6 Å². The van der Waals surface area contributed by atoms with Crippen molar-refractivity contribution >= 4 is 24.8 Å². The summed E-state index contributed by atoms with van der Waals surface area (Å²) in [7, 11) is 0. The number of nitrogens with zero attached hydrogens (tertiary/aromatic N) is 1. The molecule has 20 heavy (non-hydrogen) atoms. The van der Waals surface area contributed by atoms with Crippen LogP contribution in [0.3, 0.4) is 0 Å². The van der Waals surface area contributed by atoms with E-state index in [-0.39, 0.29) is 42.5 Å². The first-order chi connectivity index (χ1) is 8.75. The minimum absolute atomic E-state index is 0. The lowest BCUT2D eigenvalue weighted by atomic mass is 9.99. The summed E-state index contributed by atoms with van der Waals surface area (Å²) in [6.45, 7) is 3.69. The average Bonchev–Trinajstić information content (AvgIpc) is 3.20. The van der Waals surface area contributed by atoms with Crippen molar-refractivity contribution in [2.75, 3.05) is 26.2 Å². The van der Waals surface area contributed by atoms with Gasteiger partial charge in [-0.3, -0.25) is 4.90 Å². The Morgan fingerprint density at radius 3 is 2.35 bits per heavy atom. The summed E-state index contributed by atoms with van der Waals surface area (Å²) in [6.07, 6.45) is 2.26. The van der Waals surface area contributed by atoms with E-state index in [1.54, 1.807) is 0 Å². The lowest BCUT2D eigenvalue weighted by molar-refractivity contribution is 0.152. The van der Waals surface area contributed by atoms with Gasteiger partial charge in [0.15, 0.2) is 0 Å². The van der Waals surface area contributed by atoms with Crippen LogP contribution in [0.25, 0.3) is 0 Å². The number of rotatable bonds is 3. The summed E-state index contributed by atoms with van der Waals surface area (Å²) >= 11 is 0. The Balaban J connectivity index is 0.000001000. The molecular weight excluding hydrogens is 305 g/mol. The van der Waals surface area contributed by atoms with E-state index < -0.39 is 0 Å². The van der Waals surface area contributed by atoms with Crippen LogP contribution in [0.2, 0.25) is 0 Å². The topological polar surface area (TPSA) is 15.3 Å². The molecule has 1 aliphatic heterocycles. The normalized spacial score (nSPS) is 20.7. The van der Waals surface area contributed by atoms with Crippen LogP contribution in [0.5, 0.6) is 0 Å². The molecule has 1 aliphatic carbocycles. The van der Waals surface area contributed by atoms with Gasteiger partial charge in [-0.25, -0.2) is 8.78 Å². The zero-order valence-corrected chi connectivity index (χ0v) is 12.8. The molecule has 1 heterocycles. The van der Waals surface area contributed by atoms with E-state index in [0.29, 0.717) is 11.5 Å². The zero-order valence-electron chi connectivity index (χ0n) is 11.1. The molecule has 0 amide bonds. The maximum atomic E-state index is 14.0. The molecule has 1 atom stereocenters. The van der Waals surface area contributed by atoms with E-state index in [1.165, 1.54) is 18.2 Å². The van der Waals surface area contributed by atoms with Gasteiger partial charge in [-0.05, 0) is 37.0 Å². The summed E-state index contributed by atoms with van der Waals surface area (Å²) in [5, 5.41) is 3.30. The number of benzene rings is 1. The fourth-order valence-corrected chi connectivity index (χ4v) is 2.86. The molecule has 2 fully saturated rings. The Kier molecular flexibility index (Phi) is 6.65. The SMILES string of the molecule is Cl.Cl.Fc1ccc(F)c([C@@H](C2CC2)N2CCNCC2)c1. The third-order valence-corrected chi connectivity index (χ3v) is 3.89. The monoisotopic (exact) mass is 324 g/mol. The smallest absolute Gasteiger partial charge is 0.128 e. The van der Waals surface area contributed by atoms with Gasteiger partial charge >= 0.3 is 0 Å². The van der Waals surface area contributed by atoms with E-state index >= 15 is 0 Å². The Morgan fingerprint density at radius 2 is 1.75 bits per heavy atom.